The zero-order valence-corrected chi connectivity index (χ0v) is 15.9. The van der Waals surface area contributed by atoms with Crippen molar-refractivity contribution in [2.45, 2.75) is 6.04 Å². The summed E-state index contributed by atoms with van der Waals surface area (Å²) in [7, 11) is 0. The minimum atomic E-state index is -0.840. The maximum atomic E-state index is 14.8. The lowest BCUT2D eigenvalue weighted by Crippen LogP contribution is -2.16. The van der Waals surface area contributed by atoms with E-state index in [-0.39, 0.29) is 16.3 Å². The molecule has 2 heterocycles. The SMILES string of the molecule is Oc1c([C@@H](Nc2ccccn2)c2c(F)cccc2Cl)cc(Cl)c2cccnc12. The first-order chi connectivity index (χ1) is 13.6. The largest absolute Gasteiger partial charge is 0.505 e. The van der Waals surface area contributed by atoms with Crippen LogP contribution < -0.4 is 5.32 Å². The first kappa shape index (κ1) is 18.5. The summed E-state index contributed by atoms with van der Waals surface area (Å²) in [5.41, 5.74) is 0.843. The maximum absolute atomic E-state index is 14.8. The normalized spacial score (nSPS) is 12.1. The van der Waals surface area contributed by atoms with Crippen molar-refractivity contribution < 1.29 is 9.50 Å². The second kappa shape index (κ2) is 7.62. The Morgan fingerprint density at radius 3 is 2.50 bits per heavy atom. The molecule has 2 aromatic carbocycles. The maximum Gasteiger partial charge on any atom is 0.147 e. The molecule has 0 amide bonds. The molecule has 0 saturated heterocycles. The van der Waals surface area contributed by atoms with Crippen LogP contribution in [-0.4, -0.2) is 15.1 Å². The van der Waals surface area contributed by atoms with Crippen molar-refractivity contribution in [1.29, 1.82) is 0 Å². The summed E-state index contributed by atoms with van der Waals surface area (Å²) in [6.07, 6.45) is 3.16. The van der Waals surface area contributed by atoms with Crippen molar-refractivity contribution >= 4 is 39.9 Å². The molecule has 2 aromatic heterocycles. The number of phenols is 1. The number of benzene rings is 2. The first-order valence-corrected chi connectivity index (χ1v) is 9.19. The molecule has 4 aromatic rings. The number of hydrogen-bond donors (Lipinski definition) is 2. The lowest BCUT2D eigenvalue weighted by atomic mass is 9.95. The van der Waals surface area contributed by atoms with Gasteiger partial charge in [0.2, 0.25) is 0 Å². The Balaban J connectivity index is 1.96. The lowest BCUT2D eigenvalue weighted by molar-refractivity contribution is 0.471. The van der Waals surface area contributed by atoms with Gasteiger partial charge in [-0.2, -0.15) is 0 Å². The second-order valence-corrected chi connectivity index (χ2v) is 6.94. The van der Waals surface area contributed by atoms with Crippen molar-refractivity contribution in [3.05, 3.63) is 94.0 Å². The van der Waals surface area contributed by atoms with Gasteiger partial charge in [0.1, 0.15) is 22.9 Å². The standard InChI is InChI=1S/C21H14Cl2FN3O/c22-14-6-3-7-16(24)18(14)19(27-17-8-1-2-9-25-17)13-11-15(23)12-5-4-10-26-20(12)21(13)28/h1-11,19,28H,(H,25,27)/t19-/m1/s1. The van der Waals surface area contributed by atoms with Gasteiger partial charge in [0.05, 0.1) is 11.1 Å². The molecule has 4 rings (SSSR count). The number of nitrogens with one attached hydrogen (secondary N) is 1. The summed E-state index contributed by atoms with van der Waals surface area (Å²) in [4.78, 5) is 8.46. The zero-order chi connectivity index (χ0) is 19.7. The van der Waals surface area contributed by atoms with Crippen molar-refractivity contribution in [3.63, 3.8) is 0 Å². The summed E-state index contributed by atoms with van der Waals surface area (Å²) < 4.78 is 14.8. The molecule has 0 aliphatic rings. The van der Waals surface area contributed by atoms with Crippen LogP contribution in [0.1, 0.15) is 17.2 Å². The summed E-state index contributed by atoms with van der Waals surface area (Å²) in [5.74, 6) is -0.131. The molecule has 0 fully saturated rings. The van der Waals surface area contributed by atoms with E-state index in [9.17, 15) is 9.50 Å². The molecular weight excluding hydrogens is 400 g/mol. The quantitative estimate of drug-likeness (QED) is 0.431. The minimum Gasteiger partial charge on any atom is -0.505 e. The molecule has 0 aliphatic heterocycles. The number of aromatic nitrogens is 2. The van der Waals surface area contributed by atoms with E-state index in [1.165, 1.54) is 12.1 Å². The summed E-state index contributed by atoms with van der Waals surface area (Å²) in [6.45, 7) is 0. The fourth-order valence-corrected chi connectivity index (χ4v) is 3.66. The third kappa shape index (κ3) is 3.35. The molecule has 140 valence electrons. The minimum absolute atomic E-state index is 0.104. The molecule has 0 radical (unpaired) electrons. The molecule has 0 spiro atoms. The van der Waals surface area contributed by atoms with Crippen LogP contribution in [0.5, 0.6) is 5.75 Å². The number of aromatic hydroxyl groups is 1. The molecule has 2 N–H and O–H groups in total. The molecule has 0 unspecified atom stereocenters. The highest BCUT2D eigenvalue weighted by Crippen LogP contribution is 2.41. The Morgan fingerprint density at radius 2 is 1.75 bits per heavy atom. The van der Waals surface area contributed by atoms with Gasteiger partial charge in [-0.15, -0.1) is 0 Å². The van der Waals surface area contributed by atoms with Crippen LogP contribution in [0.15, 0.2) is 67.0 Å². The second-order valence-electron chi connectivity index (χ2n) is 6.12. The van der Waals surface area contributed by atoms with Crippen LogP contribution in [0.4, 0.5) is 10.2 Å². The fraction of sp³-hybridized carbons (Fsp3) is 0.0476. The third-order valence-corrected chi connectivity index (χ3v) is 5.04. The zero-order valence-electron chi connectivity index (χ0n) is 14.4. The number of pyridine rings is 2. The van der Waals surface area contributed by atoms with Gasteiger partial charge in [-0.05, 0) is 42.5 Å². The number of anilines is 1. The Kier molecular flexibility index (Phi) is 5.03. The molecule has 0 saturated carbocycles. The van der Waals surface area contributed by atoms with Gasteiger partial charge < -0.3 is 10.4 Å². The van der Waals surface area contributed by atoms with Crippen LogP contribution in [0.3, 0.4) is 0 Å². The lowest BCUT2D eigenvalue weighted by Gasteiger charge is -2.23. The number of phenolic OH excluding ortho intramolecular Hbond substituents is 1. The number of halogens is 3. The molecule has 28 heavy (non-hydrogen) atoms. The van der Waals surface area contributed by atoms with Gasteiger partial charge in [0.25, 0.3) is 0 Å². The predicted molar refractivity (Wildman–Crippen MR) is 110 cm³/mol. The van der Waals surface area contributed by atoms with Gasteiger partial charge in [0, 0.05) is 33.9 Å². The van der Waals surface area contributed by atoms with Crippen LogP contribution >= 0.6 is 23.2 Å². The van der Waals surface area contributed by atoms with Crippen LogP contribution in [0.2, 0.25) is 10.0 Å². The van der Waals surface area contributed by atoms with Crippen molar-refractivity contribution in [2.24, 2.45) is 0 Å². The van der Waals surface area contributed by atoms with Crippen LogP contribution in [0, 0.1) is 5.82 Å². The summed E-state index contributed by atoms with van der Waals surface area (Å²) >= 11 is 12.7. The molecule has 0 aliphatic carbocycles. The van der Waals surface area contributed by atoms with E-state index in [1.54, 1.807) is 54.9 Å². The highest BCUT2D eigenvalue weighted by atomic mass is 35.5. The van der Waals surface area contributed by atoms with E-state index in [4.69, 9.17) is 23.2 Å². The fourth-order valence-electron chi connectivity index (χ4n) is 3.11. The van der Waals surface area contributed by atoms with Gasteiger partial charge in [-0.25, -0.2) is 9.37 Å². The summed E-state index contributed by atoms with van der Waals surface area (Å²) in [5, 5.41) is 15.3. The van der Waals surface area contributed by atoms with Crippen molar-refractivity contribution in [2.75, 3.05) is 5.32 Å². The predicted octanol–water partition coefficient (Wildman–Crippen LogP) is 5.98. The molecule has 0 bridgehead atoms. The third-order valence-electron chi connectivity index (χ3n) is 4.40. The van der Waals surface area contributed by atoms with Crippen LogP contribution in [0.25, 0.3) is 10.9 Å². The molecular formula is C21H14Cl2FN3O. The Labute approximate surface area is 170 Å². The van der Waals surface area contributed by atoms with Gasteiger partial charge in [-0.1, -0.05) is 35.3 Å². The summed E-state index contributed by atoms with van der Waals surface area (Å²) in [6, 6.07) is 14.0. The topological polar surface area (TPSA) is 58.0 Å². The van der Waals surface area contributed by atoms with E-state index < -0.39 is 11.9 Å². The number of fused-ring (bicyclic) bond motifs is 1. The average Bonchev–Trinajstić information content (AvgIpc) is 2.71. The Hall–Kier alpha value is -2.89. The highest BCUT2D eigenvalue weighted by Gasteiger charge is 2.26. The number of hydrogen-bond acceptors (Lipinski definition) is 4. The van der Waals surface area contributed by atoms with E-state index in [1.807, 2.05) is 0 Å². The number of rotatable bonds is 4. The first-order valence-electron chi connectivity index (χ1n) is 8.44. The molecule has 7 heteroatoms. The van der Waals surface area contributed by atoms with Crippen molar-refractivity contribution in [1.82, 2.24) is 9.97 Å². The van der Waals surface area contributed by atoms with Gasteiger partial charge in [0.15, 0.2) is 0 Å². The molecule has 4 nitrogen and oxygen atoms in total. The van der Waals surface area contributed by atoms with Gasteiger partial charge in [-0.3, -0.25) is 4.98 Å². The van der Waals surface area contributed by atoms with Gasteiger partial charge >= 0.3 is 0 Å². The average molecular weight is 414 g/mol. The Morgan fingerprint density at radius 1 is 0.929 bits per heavy atom. The van der Waals surface area contributed by atoms with E-state index in [0.717, 1.165) is 0 Å². The highest BCUT2D eigenvalue weighted by molar-refractivity contribution is 6.35. The van der Waals surface area contributed by atoms with E-state index in [0.29, 0.717) is 27.3 Å². The molecule has 1 atom stereocenters. The monoisotopic (exact) mass is 413 g/mol. The van der Waals surface area contributed by atoms with Crippen LogP contribution in [-0.2, 0) is 0 Å². The smallest absolute Gasteiger partial charge is 0.147 e. The Bertz CT molecular complexity index is 1130. The van der Waals surface area contributed by atoms with Crippen molar-refractivity contribution in [3.8, 4) is 5.75 Å². The van der Waals surface area contributed by atoms with E-state index >= 15 is 0 Å². The van der Waals surface area contributed by atoms with E-state index in [2.05, 4.69) is 15.3 Å². The number of nitrogens with zero attached hydrogens (tertiary/aromatic N) is 2.